The zero-order chi connectivity index (χ0) is 16.7. The molecule has 0 aromatic heterocycles. The molecule has 0 fully saturated rings. The lowest BCUT2D eigenvalue weighted by molar-refractivity contribution is -0.129. The predicted octanol–water partition coefficient (Wildman–Crippen LogP) is 3.27. The molecule has 0 spiro atoms. The van der Waals surface area contributed by atoms with Gasteiger partial charge in [-0.25, -0.2) is 4.79 Å². The summed E-state index contributed by atoms with van der Waals surface area (Å²) in [5.74, 6) is -0.804. The first-order chi connectivity index (χ1) is 11.1. The summed E-state index contributed by atoms with van der Waals surface area (Å²) in [6, 6.07) is 16.8. The summed E-state index contributed by atoms with van der Waals surface area (Å²) in [6.07, 6.45) is 1.04. The summed E-state index contributed by atoms with van der Waals surface area (Å²) in [5, 5.41) is 2.76. The Kier molecular flexibility index (Phi) is 6.23. The number of hydrogen-bond acceptors (Lipinski definition) is 4. The van der Waals surface area contributed by atoms with E-state index in [2.05, 4.69) is 5.32 Å². The third kappa shape index (κ3) is 4.86. The summed E-state index contributed by atoms with van der Waals surface area (Å²) < 4.78 is 5.26. The highest BCUT2D eigenvalue weighted by Crippen LogP contribution is 2.21. The number of carbonyl (C=O) groups excluding carboxylic acids is 2. The van der Waals surface area contributed by atoms with Crippen molar-refractivity contribution in [2.75, 3.05) is 6.26 Å². The molecule has 0 bridgehead atoms. The molecule has 0 saturated carbocycles. The maximum absolute atomic E-state index is 12.2. The fraction of sp³-hybridized carbons (Fsp3) is 0.222. The van der Waals surface area contributed by atoms with E-state index in [1.54, 1.807) is 19.1 Å². The number of amides is 1. The summed E-state index contributed by atoms with van der Waals surface area (Å²) in [4.78, 5) is 25.1. The molecule has 0 aliphatic heterocycles. The van der Waals surface area contributed by atoms with E-state index in [1.807, 2.05) is 48.7 Å². The molecule has 2 rings (SSSR count). The van der Waals surface area contributed by atoms with Crippen LogP contribution in [0.15, 0.2) is 59.5 Å². The van der Waals surface area contributed by atoms with Crippen molar-refractivity contribution in [3.63, 3.8) is 0 Å². The number of rotatable bonds is 6. The standard InChI is InChI=1S/C18H19NO3S/c1-13(17(20)19-12-14-8-4-3-5-9-14)22-18(21)15-10-6-7-11-16(15)23-2/h3-11,13H,12H2,1-2H3,(H,19,20). The SMILES string of the molecule is CSc1ccccc1C(=O)OC(C)C(=O)NCc1ccccc1. The molecule has 1 amide bonds. The minimum atomic E-state index is -0.846. The van der Waals surface area contributed by atoms with Gasteiger partial charge >= 0.3 is 5.97 Å². The Morgan fingerprint density at radius 3 is 2.43 bits per heavy atom. The Balaban J connectivity index is 1.91. The van der Waals surface area contributed by atoms with E-state index in [4.69, 9.17) is 4.74 Å². The third-order valence-corrected chi connectivity index (χ3v) is 4.09. The lowest BCUT2D eigenvalue weighted by atomic mass is 10.2. The minimum absolute atomic E-state index is 0.316. The largest absolute Gasteiger partial charge is 0.449 e. The number of benzene rings is 2. The van der Waals surface area contributed by atoms with Gasteiger partial charge in [-0.1, -0.05) is 42.5 Å². The maximum Gasteiger partial charge on any atom is 0.340 e. The molecule has 0 saturated heterocycles. The van der Waals surface area contributed by atoms with E-state index < -0.39 is 12.1 Å². The average Bonchev–Trinajstić information content (AvgIpc) is 2.60. The monoisotopic (exact) mass is 329 g/mol. The van der Waals surface area contributed by atoms with Gasteiger partial charge in [0.15, 0.2) is 6.10 Å². The summed E-state index contributed by atoms with van der Waals surface area (Å²) >= 11 is 1.47. The number of nitrogens with one attached hydrogen (secondary N) is 1. The lowest BCUT2D eigenvalue weighted by Gasteiger charge is -2.14. The molecule has 120 valence electrons. The predicted molar refractivity (Wildman–Crippen MR) is 91.4 cm³/mol. The molecule has 5 heteroatoms. The van der Waals surface area contributed by atoms with Gasteiger partial charge in [-0.15, -0.1) is 11.8 Å². The highest BCUT2D eigenvalue weighted by atomic mass is 32.2. The highest BCUT2D eigenvalue weighted by molar-refractivity contribution is 7.98. The molecule has 2 aromatic rings. The lowest BCUT2D eigenvalue weighted by Crippen LogP contribution is -2.35. The molecule has 4 nitrogen and oxygen atoms in total. The highest BCUT2D eigenvalue weighted by Gasteiger charge is 2.20. The van der Waals surface area contributed by atoms with Gasteiger partial charge in [-0.05, 0) is 30.9 Å². The first-order valence-corrected chi connectivity index (χ1v) is 8.50. The molecule has 1 N–H and O–H groups in total. The molecule has 0 aliphatic carbocycles. The molecule has 1 unspecified atom stereocenters. The molecular weight excluding hydrogens is 310 g/mol. The fourth-order valence-corrected chi connectivity index (χ4v) is 2.61. The van der Waals surface area contributed by atoms with Crippen LogP contribution in [0.3, 0.4) is 0 Å². The van der Waals surface area contributed by atoms with E-state index in [9.17, 15) is 9.59 Å². The second kappa shape index (κ2) is 8.39. The summed E-state index contributed by atoms with van der Waals surface area (Å²) in [5.41, 5.74) is 1.47. The Morgan fingerprint density at radius 1 is 1.09 bits per heavy atom. The number of ether oxygens (including phenoxy) is 1. The number of hydrogen-bond donors (Lipinski definition) is 1. The van der Waals surface area contributed by atoms with Gasteiger partial charge in [0.25, 0.3) is 5.91 Å². The van der Waals surface area contributed by atoms with Gasteiger partial charge in [0.05, 0.1) is 5.56 Å². The van der Waals surface area contributed by atoms with Crippen molar-refractivity contribution in [2.24, 2.45) is 0 Å². The number of esters is 1. The molecule has 1 atom stereocenters. The maximum atomic E-state index is 12.2. The third-order valence-electron chi connectivity index (χ3n) is 3.29. The quantitative estimate of drug-likeness (QED) is 0.653. The van der Waals surface area contributed by atoms with E-state index >= 15 is 0 Å². The van der Waals surface area contributed by atoms with E-state index in [0.717, 1.165) is 10.5 Å². The van der Waals surface area contributed by atoms with Gasteiger partial charge in [-0.3, -0.25) is 4.79 Å². The van der Waals surface area contributed by atoms with E-state index in [1.165, 1.54) is 11.8 Å². The Morgan fingerprint density at radius 2 is 1.74 bits per heavy atom. The van der Waals surface area contributed by atoms with Crippen LogP contribution in [0.5, 0.6) is 0 Å². The Hall–Kier alpha value is -2.27. The van der Waals surface area contributed by atoms with Crippen molar-refractivity contribution < 1.29 is 14.3 Å². The normalized spacial score (nSPS) is 11.6. The van der Waals surface area contributed by atoms with Gasteiger partial charge in [0.2, 0.25) is 0 Å². The molecule has 0 heterocycles. The van der Waals surface area contributed by atoms with Crippen molar-refractivity contribution in [3.05, 3.63) is 65.7 Å². The van der Waals surface area contributed by atoms with Crippen molar-refractivity contribution in [2.45, 2.75) is 24.5 Å². The van der Waals surface area contributed by atoms with Gasteiger partial charge in [-0.2, -0.15) is 0 Å². The Bertz CT molecular complexity index is 673. The Labute approximate surface area is 140 Å². The van der Waals surface area contributed by atoms with Crippen LogP contribution in [-0.4, -0.2) is 24.2 Å². The molecule has 0 radical (unpaired) electrons. The van der Waals surface area contributed by atoms with Crippen molar-refractivity contribution >= 4 is 23.6 Å². The number of carbonyl (C=O) groups is 2. The summed E-state index contributed by atoms with van der Waals surface area (Å²) in [7, 11) is 0. The van der Waals surface area contributed by atoms with Crippen molar-refractivity contribution in [1.29, 1.82) is 0 Å². The second-order valence-corrected chi connectivity index (χ2v) is 5.80. The molecule has 2 aromatic carbocycles. The van der Waals surface area contributed by atoms with Crippen LogP contribution in [0.4, 0.5) is 0 Å². The van der Waals surface area contributed by atoms with Crippen LogP contribution in [0.1, 0.15) is 22.8 Å². The topological polar surface area (TPSA) is 55.4 Å². The van der Waals surface area contributed by atoms with Crippen LogP contribution in [0.25, 0.3) is 0 Å². The van der Waals surface area contributed by atoms with E-state index in [-0.39, 0.29) is 5.91 Å². The van der Waals surface area contributed by atoms with Crippen LogP contribution in [-0.2, 0) is 16.1 Å². The zero-order valence-corrected chi connectivity index (χ0v) is 13.9. The average molecular weight is 329 g/mol. The van der Waals surface area contributed by atoms with Gasteiger partial charge in [0.1, 0.15) is 0 Å². The first kappa shape index (κ1) is 17.1. The zero-order valence-electron chi connectivity index (χ0n) is 13.1. The van der Waals surface area contributed by atoms with Crippen LogP contribution in [0.2, 0.25) is 0 Å². The minimum Gasteiger partial charge on any atom is -0.449 e. The molecule has 0 aliphatic rings. The van der Waals surface area contributed by atoms with Crippen LogP contribution >= 0.6 is 11.8 Å². The van der Waals surface area contributed by atoms with Crippen molar-refractivity contribution in [1.82, 2.24) is 5.32 Å². The molecular formula is C18H19NO3S. The van der Waals surface area contributed by atoms with Crippen molar-refractivity contribution in [3.8, 4) is 0 Å². The van der Waals surface area contributed by atoms with Crippen LogP contribution < -0.4 is 5.32 Å². The van der Waals surface area contributed by atoms with Crippen LogP contribution in [0, 0.1) is 0 Å². The molecule has 23 heavy (non-hydrogen) atoms. The van der Waals surface area contributed by atoms with Gasteiger partial charge in [0, 0.05) is 11.4 Å². The van der Waals surface area contributed by atoms with Gasteiger partial charge < -0.3 is 10.1 Å². The fourth-order valence-electron chi connectivity index (χ4n) is 2.02. The van der Waals surface area contributed by atoms with E-state index in [0.29, 0.717) is 12.1 Å². The number of thioether (sulfide) groups is 1. The smallest absolute Gasteiger partial charge is 0.340 e. The summed E-state index contributed by atoms with van der Waals surface area (Å²) in [6.45, 7) is 1.98. The second-order valence-electron chi connectivity index (χ2n) is 4.95. The first-order valence-electron chi connectivity index (χ1n) is 7.27.